The number of methoxy groups -OCH3 is 1. The van der Waals surface area contributed by atoms with Crippen molar-refractivity contribution < 1.29 is 4.74 Å². The third-order valence-corrected chi connectivity index (χ3v) is 4.44. The van der Waals surface area contributed by atoms with Crippen LogP contribution in [0.2, 0.25) is 0 Å². The molecule has 3 nitrogen and oxygen atoms in total. The minimum atomic E-state index is 0.636. The number of allylic oxidation sites excluding steroid dienone is 3. The van der Waals surface area contributed by atoms with Crippen LogP contribution in [0, 0.1) is 0 Å². The summed E-state index contributed by atoms with van der Waals surface area (Å²) in [6.45, 7) is 4.33. The first-order valence-electron chi connectivity index (χ1n) is 6.26. The molecule has 0 aromatic carbocycles. The van der Waals surface area contributed by atoms with Crippen molar-refractivity contribution in [2.45, 2.75) is 20.3 Å². The minimum Gasteiger partial charge on any atom is -0.481 e. The monoisotopic (exact) mass is 274 g/mol. The van der Waals surface area contributed by atoms with Gasteiger partial charge in [0, 0.05) is 34.7 Å². The highest BCUT2D eigenvalue weighted by molar-refractivity contribution is 8.13. The molecule has 1 aliphatic heterocycles. The Morgan fingerprint density at radius 1 is 1.42 bits per heavy atom. The molecule has 1 aromatic rings. The summed E-state index contributed by atoms with van der Waals surface area (Å²) in [5.74, 6) is 0.636. The molecule has 0 spiro atoms. The van der Waals surface area contributed by atoms with Crippen LogP contribution in [0.4, 0.5) is 0 Å². The average molecular weight is 274 g/mol. The van der Waals surface area contributed by atoms with E-state index in [-0.39, 0.29) is 0 Å². The van der Waals surface area contributed by atoms with Crippen molar-refractivity contribution in [3.8, 4) is 5.88 Å². The number of pyridine rings is 1. The largest absolute Gasteiger partial charge is 0.481 e. The molecule has 0 bridgehead atoms. The predicted molar refractivity (Wildman–Crippen MR) is 82.7 cm³/mol. The summed E-state index contributed by atoms with van der Waals surface area (Å²) < 4.78 is 5.08. The summed E-state index contributed by atoms with van der Waals surface area (Å²) in [4.78, 5) is 11.1. The first-order valence-corrected chi connectivity index (χ1v) is 7.08. The highest BCUT2D eigenvalue weighted by atomic mass is 32.2. The third-order valence-electron chi connectivity index (χ3n) is 3.10. The summed E-state index contributed by atoms with van der Waals surface area (Å²) in [7, 11) is 3.46. The average Bonchev–Trinajstić information content (AvgIpc) is 2.90. The highest BCUT2D eigenvalue weighted by Gasteiger charge is 2.20. The van der Waals surface area contributed by atoms with E-state index in [1.807, 2.05) is 25.4 Å². The van der Waals surface area contributed by atoms with Gasteiger partial charge in [-0.1, -0.05) is 24.3 Å². The smallest absolute Gasteiger partial charge is 0.212 e. The van der Waals surface area contributed by atoms with E-state index in [0.717, 1.165) is 17.7 Å². The van der Waals surface area contributed by atoms with Crippen LogP contribution < -0.4 is 4.74 Å². The minimum absolute atomic E-state index is 0.636. The van der Waals surface area contributed by atoms with Crippen molar-refractivity contribution in [3.63, 3.8) is 0 Å². The maximum absolute atomic E-state index is 5.08. The number of thioether (sulfide) groups is 1. The van der Waals surface area contributed by atoms with Crippen LogP contribution >= 0.6 is 11.8 Å². The van der Waals surface area contributed by atoms with Crippen LogP contribution in [0.3, 0.4) is 0 Å². The normalized spacial score (nSPS) is 19.6. The highest BCUT2D eigenvalue weighted by Crippen LogP contribution is 2.42. The summed E-state index contributed by atoms with van der Waals surface area (Å²) in [6, 6.07) is 3.91. The fraction of sp³-hybridized carbons (Fsp3) is 0.333. The van der Waals surface area contributed by atoms with Crippen LogP contribution in [0.15, 0.2) is 39.9 Å². The van der Waals surface area contributed by atoms with E-state index in [2.05, 4.69) is 29.9 Å². The van der Waals surface area contributed by atoms with Crippen LogP contribution in [-0.4, -0.2) is 24.9 Å². The van der Waals surface area contributed by atoms with Gasteiger partial charge in [-0.3, -0.25) is 4.99 Å². The van der Waals surface area contributed by atoms with E-state index in [4.69, 9.17) is 4.74 Å². The first kappa shape index (κ1) is 13.9. The molecule has 0 radical (unpaired) electrons. The lowest BCUT2D eigenvalue weighted by Gasteiger charge is -2.05. The molecule has 100 valence electrons. The van der Waals surface area contributed by atoms with E-state index in [0.29, 0.717) is 5.88 Å². The van der Waals surface area contributed by atoms with Gasteiger partial charge >= 0.3 is 0 Å². The molecule has 1 aromatic heterocycles. The Balaban J connectivity index is 2.32. The molecule has 19 heavy (non-hydrogen) atoms. The summed E-state index contributed by atoms with van der Waals surface area (Å²) in [6.07, 6.45) is 5.02. The molecule has 4 heteroatoms. The van der Waals surface area contributed by atoms with E-state index >= 15 is 0 Å². The van der Waals surface area contributed by atoms with Crippen LogP contribution in [-0.2, 0) is 0 Å². The summed E-state index contributed by atoms with van der Waals surface area (Å²) >= 11 is 1.77. The lowest BCUT2D eigenvalue weighted by Crippen LogP contribution is -1.93. The Labute approximate surface area is 118 Å². The molecule has 0 aliphatic carbocycles. The summed E-state index contributed by atoms with van der Waals surface area (Å²) in [5, 5.41) is 0. The van der Waals surface area contributed by atoms with Crippen molar-refractivity contribution in [3.05, 3.63) is 40.4 Å². The number of nitrogens with zero attached hydrogens (tertiary/aromatic N) is 2. The Hall–Kier alpha value is -1.55. The van der Waals surface area contributed by atoms with Gasteiger partial charge in [0.05, 0.1) is 12.8 Å². The van der Waals surface area contributed by atoms with Gasteiger partial charge < -0.3 is 4.74 Å². The standard InChI is InChI=1S/C15H18N2OS/c1-5-10(2)15-12(16-3)8-13(19-15)11-6-7-14(18-4)17-9-11/h6-9H,5H2,1-4H3/b15-10+,16-12?. The van der Waals surface area contributed by atoms with Crippen molar-refractivity contribution in [2.24, 2.45) is 4.99 Å². The maximum atomic E-state index is 5.08. The second-order valence-electron chi connectivity index (χ2n) is 4.27. The molecule has 0 N–H and O–H groups in total. The molecule has 0 saturated carbocycles. The van der Waals surface area contributed by atoms with E-state index in [1.54, 1.807) is 18.9 Å². The fourth-order valence-electron chi connectivity index (χ4n) is 1.80. The quantitative estimate of drug-likeness (QED) is 0.837. The number of aliphatic imine (C=N–C) groups is 1. The Bertz CT molecular complexity index is 556. The Kier molecular flexibility index (Phi) is 4.43. The zero-order chi connectivity index (χ0) is 13.8. The van der Waals surface area contributed by atoms with E-state index < -0.39 is 0 Å². The van der Waals surface area contributed by atoms with Crippen LogP contribution in [0.1, 0.15) is 25.8 Å². The van der Waals surface area contributed by atoms with E-state index in [1.165, 1.54) is 15.4 Å². The molecule has 2 heterocycles. The topological polar surface area (TPSA) is 34.5 Å². The maximum Gasteiger partial charge on any atom is 0.212 e. The van der Waals surface area contributed by atoms with E-state index in [9.17, 15) is 0 Å². The molecule has 0 saturated heterocycles. The molecule has 0 amide bonds. The zero-order valence-electron chi connectivity index (χ0n) is 11.7. The Morgan fingerprint density at radius 3 is 2.74 bits per heavy atom. The van der Waals surface area contributed by atoms with Crippen molar-refractivity contribution >= 4 is 22.4 Å². The van der Waals surface area contributed by atoms with Crippen molar-refractivity contribution in [2.75, 3.05) is 14.2 Å². The third kappa shape index (κ3) is 2.89. The Morgan fingerprint density at radius 2 is 2.21 bits per heavy atom. The van der Waals surface area contributed by atoms with Gasteiger partial charge in [0.1, 0.15) is 0 Å². The molecule has 1 aliphatic rings. The number of hydrogen-bond acceptors (Lipinski definition) is 4. The van der Waals surface area contributed by atoms with Gasteiger partial charge in [0.2, 0.25) is 5.88 Å². The van der Waals surface area contributed by atoms with Gasteiger partial charge in [-0.05, 0) is 25.5 Å². The first-order chi connectivity index (χ1) is 9.19. The number of ether oxygens (including phenoxy) is 1. The van der Waals surface area contributed by atoms with Crippen LogP contribution in [0.5, 0.6) is 5.88 Å². The van der Waals surface area contributed by atoms with Gasteiger partial charge in [0.25, 0.3) is 0 Å². The predicted octanol–water partition coefficient (Wildman–Crippen LogP) is 3.93. The second kappa shape index (κ2) is 6.06. The second-order valence-corrected chi connectivity index (χ2v) is 5.32. The molecule has 0 atom stereocenters. The van der Waals surface area contributed by atoms with Gasteiger partial charge in [-0.25, -0.2) is 4.98 Å². The molecule has 0 fully saturated rings. The lowest BCUT2D eigenvalue weighted by atomic mass is 10.1. The number of rotatable bonds is 3. The fourth-order valence-corrected chi connectivity index (χ4v) is 3.01. The summed E-state index contributed by atoms with van der Waals surface area (Å²) in [5.41, 5.74) is 3.54. The van der Waals surface area contributed by atoms with Gasteiger partial charge in [-0.15, -0.1) is 0 Å². The lowest BCUT2D eigenvalue weighted by molar-refractivity contribution is 0.398. The molecule has 2 rings (SSSR count). The number of hydrogen-bond donors (Lipinski definition) is 0. The molecular formula is C15H18N2OS. The molecular weight excluding hydrogens is 256 g/mol. The van der Waals surface area contributed by atoms with Crippen molar-refractivity contribution in [1.29, 1.82) is 0 Å². The van der Waals surface area contributed by atoms with Gasteiger partial charge in [-0.2, -0.15) is 0 Å². The van der Waals surface area contributed by atoms with Crippen LogP contribution in [0.25, 0.3) is 4.91 Å². The molecule has 0 unspecified atom stereocenters. The zero-order valence-corrected chi connectivity index (χ0v) is 12.5. The number of aromatic nitrogens is 1. The van der Waals surface area contributed by atoms with Gasteiger partial charge in [0.15, 0.2) is 0 Å². The van der Waals surface area contributed by atoms with Crippen molar-refractivity contribution in [1.82, 2.24) is 4.98 Å². The SMILES string of the molecule is CC/C(C)=C1/SC(c2ccc(OC)nc2)=CC1=NC.